The third-order valence-corrected chi connectivity index (χ3v) is 4.27. The maximum absolute atomic E-state index is 12.4. The van der Waals surface area contributed by atoms with Crippen molar-refractivity contribution in [1.82, 2.24) is 20.4 Å². The van der Waals surface area contributed by atoms with Crippen LogP contribution in [0.15, 0.2) is 36.4 Å². The van der Waals surface area contributed by atoms with Crippen LogP contribution in [0.4, 0.5) is 4.79 Å². The number of carbonyl (C=O) groups excluding carboxylic acids is 1. The van der Waals surface area contributed by atoms with Crippen LogP contribution in [-0.2, 0) is 4.74 Å². The summed E-state index contributed by atoms with van der Waals surface area (Å²) in [5.74, 6) is 0. The number of nitrogens with zero attached hydrogens (tertiary/aromatic N) is 2. The van der Waals surface area contributed by atoms with Gasteiger partial charge in [-0.05, 0) is 13.0 Å². The first-order valence-electron chi connectivity index (χ1n) is 8.44. The SMILES string of the molecule is COCC(C)(C)CNC(=O)N(C)C(C)c1cc(-c2ccccc2)n[nH]1. The smallest absolute Gasteiger partial charge is 0.317 e. The molecule has 0 radical (unpaired) electrons. The molecule has 0 spiro atoms. The van der Waals surface area contributed by atoms with E-state index in [-0.39, 0.29) is 17.5 Å². The van der Waals surface area contributed by atoms with E-state index < -0.39 is 0 Å². The number of methoxy groups -OCH3 is 1. The first kappa shape index (κ1) is 19.0. The number of ether oxygens (including phenoxy) is 1. The van der Waals surface area contributed by atoms with Crippen LogP contribution in [0.5, 0.6) is 0 Å². The Labute approximate surface area is 149 Å². The van der Waals surface area contributed by atoms with Crippen molar-refractivity contribution in [3.05, 3.63) is 42.1 Å². The summed E-state index contributed by atoms with van der Waals surface area (Å²) in [6.07, 6.45) is 0. The lowest BCUT2D eigenvalue weighted by Crippen LogP contribution is -2.43. The van der Waals surface area contributed by atoms with Gasteiger partial charge in [-0.3, -0.25) is 5.10 Å². The van der Waals surface area contributed by atoms with Gasteiger partial charge in [-0.2, -0.15) is 5.10 Å². The zero-order valence-electron chi connectivity index (χ0n) is 15.7. The number of aromatic amines is 1. The molecule has 0 aliphatic carbocycles. The molecule has 0 saturated heterocycles. The molecule has 0 saturated carbocycles. The molecule has 0 aliphatic rings. The maximum Gasteiger partial charge on any atom is 0.317 e. The predicted molar refractivity (Wildman–Crippen MR) is 99.3 cm³/mol. The van der Waals surface area contributed by atoms with Gasteiger partial charge < -0.3 is 15.0 Å². The quantitative estimate of drug-likeness (QED) is 0.808. The number of H-pyrrole nitrogens is 1. The summed E-state index contributed by atoms with van der Waals surface area (Å²) in [6.45, 7) is 7.23. The molecule has 0 aliphatic heterocycles. The fourth-order valence-electron chi connectivity index (χ4n) is 2.57. The summed E-state index contributed by atoms with van der Waals surface area (Å²) in [5, 5.41) is 10.4. The minimum atomic E-state index is -0.118. The number of rotatable bonds is 7. The molecule has 1 heterocycles. The fraction of sp³-hybridized carbons (Fsp3) is 0.474. The Morgan fingerprint density at radius 2 is 2.04 bits per heavy atom. The molecular formula is C19H28N4O2. The topological polar surface area (TPSA) is 70.2 Å². The Balaban J connectivity index is 1.99. The van der Waals surface area contributed by atoms with Crippen molar-refractivity contribution in [3.8, 4) is 11.3 Å². The molecule has 136 valence electrons. The minimum Gasteiger partial charge on any atom is -0.384 e. The molecule has 2 N–H and O–H groups in total. The van der Waals surface area contributed by atoms with Gasteiger partial charge in [-0.1, -0.05) is 44.2 Å². The van der Waals surface area contributed by atoms with Gasteiger partial charge in [-0.25, -0.2) is 4.79 Å². The minimum absolute atomic E-state index is 0.108. The number of nitrogens with one attached hydrogen (secondary N) is 2. The van der Waals surface area contributed by atoms with Crippen LogP contribution < -0.4 is 5.32 Å². The number of amides is 2. The van der Waals surface area contributed by atoms with Crippen LogP contribution in [0.1, 0.15) is 32.5 Å². The highest BCUT2D eigenvalue weighted by Gasteiger charge is 2.23. The summed E-state index contributed by atoms with van der Waals surface area (Å²) < 4.78 is 5.18. The molecule has 0 bridgehead atoms. The molecule has 2 aromatic rings. The van der Waals surface area contributed by atoms with E-state index >= 15 is 0 Å². The van der Waals surface area contributed by atoms with Crippen LogP contribution >= 0.6 is 0 Å². The zero-order chi connectivity index (χ0) is 18.4. The van der Waals surface area contributed by atoms with E-state index in [1.54, 1.807) is 19.1 Å². The van der Waals surface area contributed by atoms with E-state index in [9.17, 15) is 4.79 Å². The second-order valence-electron chi connectivity index (χ2n) is 7.12. The lowest BCUT2D eigenvalue weighted by molar-refractivity contribution is 0.103. The third-order valence-electron chi connectivity index (χ3n) is 4.27. The first-order chi connectivity index (χ1) is 11.8. The molecule has 6 heteroatoms. The second-order valence-corrected chi connectivity index (χ2v) is 7.12. The van der Waals surface area contributed by atoms with Gasteiger partial charge in [0.15, 0.2) is 0 Å². The van der Waals surface area contributed by atoms with Crippen LogP contribution in [0.2, 0.25) is 0 Å². The van der Waals surface area contributed by atoms with Crippen molar-refractivity contribution in [3.63, 3.8) is 0 Å². The van der Waals surface area contributed by atoms with Gasteiger partial charge in [0, 0.05) is 31.7 Å². The highest BCUT2D eigenvalue weighted by atomic mass is 16.5. The molecule has 1 aromatic carbocycles. The molecule has 2 amide bonds. The van der Waals surface area contributed by atoms with Gasteiger partial charge in [0.1, 0.15) is 0 Å². The Bertz CT molecular complexity index is 682. The second kappa shape index (κ2) is 8.16. The average Bonchev–Trinajstić information content (AvgIpc) is 3.09. The predicted octanol–water partition coefficient (Wildman–Crippen LogP) is 3.45. The van der Waals surface area contributed by atoms with Crippen molar-refractivity contribution >= 4 is 6.03 Å². The summed E-state index contributed by atoms with van der Waals surface area (Å²) in [5.41, 5.74) is 2.71. The number of aromatic nitrogens is 2. The van der Waals surface area contributed by atoms with Crippen molar-refractivity contribution in [2.75, 3.05) is 27.3 Å². The summed E-state index contributed by atoms with van der Waals surface area (Å²) in [4.78, 5) is 14.1. The Kier molecular flexibility index (Phi) is 6.20. The van der Waals surface area contributed by atoms with E-state index in [2.05, 4.69) is 29.4 Å². The van der Waals surface area contributed by atoms with Gasteiger partial charge in [0.25, 0.3) is 0 Å². The van der Waals surface area contributed by atoms with E-state index in [4.69, 9.17) is 4.74 Å². The Morgan fingerprint density at radius 3 is 2.68 bits per heavy atom. The van der Waals surface area contributed by atoms with Crippen LogP contribution in [0.3, 0.4) is 0 Å². The lowest BCUT2D eigenvalue weighted by Gasteiger charge is -2.28. The Hall–Kier alpha value is -2.34. The van der Waals surface area contributed by atoms with Crippen molar-refractivity contribution in [2.24, 2.45) is 5.41 Å². The third kappa shape index (κ3) is 5.06. The number of benzene rings is 1. The molecule has 2 rings (SSSR count). The normalized spacial score (nSPS) is 12.7. The number of hydrogen-bond acceptors (Lipinski definition) is 3. The van der Waals surface area contributed by atoms with E-state index in [0.717, 1.165) is 17.0 Å². The fourth-order valence-corrected chi connectivity index (χ4v) is 2.57. The summed E-state index contributed by atoms with van der Waals surface area (Å²) in [7, 11) is 3.45. The highest BCUT2D eigenvalue weighted by Crippen LogP contribution is 2.23. The number of hydrogen-bond donors (Lipinski definition) is 2. The Morgan fingerprint density at radius 1 is 1.36 bits per heavy atom. The highest BCUT2D eigenvalue weighted by molar-refractivity contribution is 5.74. The lowest BCUT2D eigenvalue weighted by atomic mass is 9.95. The summed E-state index contributed by atoms with van der Waals surface area (Å²) >= 11 is 0. The van der Waals surface area contributed by atoms with Crippen molar-refractivity contribution in [1.29, 1.82) is 0 Å². The summed E-state index contributed by atoms with van der Waals surface area (Å²) in [6, 6.07) is 11.7. The van der Waals surface area contributed by atoms with Gasteiger partial charge in [-0.15, -0.1) is 0 Å². The number of carbonyl (C=O) groups is 1. The van der Waals surface area contributed by atoms with Crippen LogP contribution in [-0.4, -0.2) is 48.4 Å². The maximum atomic E-state index is 12.4. The van der Waals surface area contributed by atoms with Gasteiger partial charge in [0.2, 0.25) is 0 Å². The molecule has 1 unspecified atom stereocenters. The molecule has 1 atom stereocenters. The first-order valence-corrected chi connectivity index (χ1v) is 8.44. The van der Waals surface area contributed by atoms with E-state index in [0.29, 0.717) is 13.2 Å². The molecule has 1 aromatic heterocycles. The molecule has 6 nitrogen and oxygen atoms in total. The molecular weight excluding hydrogens is 316 g/mol. The monoisotopic (exact) mass is 344 g/mol. The number of urea groups is 1. The zero-order valence-corrected chi connectivity index (χ0v) is 15.7. The van der Waals surface area contributed by atoms with Crippen LogP contribution in [0.25, 0.3) is 11.3 Å². The largest absolute Gasteiger partial charge is 0.384 e. The average molecular weight is 344 g/mol. The van der Waals surface area contributed by atoms with Crippen molar-refractivity contribution in [2.45, 2.75) is 26.8 Å². The van der Waals surface area contributed by atoms with Gasteiger partial charge >= 0.3 is 6.03 Å². The van der Waals surface area contributed by atoms with Crippen LogP contribution in [0, 0.1) is 5.41 Å². The van der Waals surface area contributed by atoms with E-state index in [1.807, 2.05) is 43.3 Å². The standard InChI is InChI=1S/C19H28N4O2/c1-14(23(4)18(24)20-12-19(2,3)13-25-5)16-11-17(22-21-16)15-9-7-6-8-10-15/h6-11,14H,12-13H2,1-5H3,(H,20,24)(H,21,22). The van der Waals surface area contributed by atoms with Crippen molar-refractivity contribution < 1.29 is 9.53 Å². The van der Waals surface area contributed by atoms with E-state index in [1.165, 1.54) is 0 Å². The molecule has 0 fully saturated rings. The molecule has 25 heavy (non-hydrogen) atoms. The van der Waals surface area contributed by atoms with Gasteiger partial charge in [0.05, 0.1) is 24.0 Å².